The molecule has 1 aromatic carbocycles. The minimum absolute atomic E-state index is 0. The summed E-state index contributed by atoms with van der Waals surface area (Å²) in [4.78, 5) is 13.9. The third-order valence-corrected chi connectivity index (χ3v) is 3.25. The van der Waals surface area contributed by atoms with Crippen molar-refractivity contribution in [1.82, 2.24) is 10.2 Å². The number of nitrogens with two attached hydrogens (primary N) is 1. The molecule has 0 aromatic heterocycles. The molecule has 1 unspecified atom stereocenters. The van der Waals surface area contributed by atoms with Gasteiger partial charge in [0.2, 0.25) is 5.91 Å². The smallest absolute Gasteiger partial charge is 0.236 e. The lowest BCUT2D eigenvalue weighted by molar-refractivity contribution is -0.122. The molecule has 1 amide bonds. The van der Waals surface area contributed by atoms with Gasteiger partial charge in [-0.25, -0.2) is 0 Å². The van der Waals surface area contributed by atoms with Gasteiger partial charge >= 0.3 is 0 Å². The van der Waals surface area contributed by atoms with Crippen LogP contribution in [-0.4, -0.2) is 37.0 Å². The quantitative estimate of drug-likeness (QED) is 0.687. The molecular formula is C16H28ClN3O. The summed E-state index contributed by atoms with van der Waals surface area (Å²) in [5.74, 6) is -0.0300. The minimum atomic E-state index is -0.359. The molecule has 5 heteroatoms. The minimum Gasteiger partial charge on any atom is -0.355 e. The molecule has 0 saturated carbocycles. The van der Waals surface area contributed by atoms with Gasteiger partial charge in [0, 0.05) is 13.1 Å². The number of amides is 1. The van der Waals surface area contributed by atoms with Crippen molar-refractivity contribution in [2.75, 3.05) is 20.1 Å². The van der Waals surface area contributed by atoms with Gasteiger partial charge in [0.05, 0.1) is 6.04 Å². The second kappa shape index (κ2) is 11.5. The Hall–Kier alpha value is -1.10. The van der Waals surface area contributed by atoms with Gasteiger partial charge in [-0.3, -0.25) is 4.79 Å². The summed E-state index contributed by atoms with van der Waals surface area (Å²) >= 11 is 0. The second-order valence-corrected chi connectivity index (χ2v) is 5.26. The molecule has 0 fully saturated rings. The van der Waals surface area contributed by atoms with Gasteiger partial charge in [0.25, 0.3) is 0 Å². The molecule has 21 heavy (non-hydrogen) atoms. The molecular weight excluding hydrogens is 286 g/mol. The molecule has 0 bridgehead atoms. The average molecular weight is 314 g/mol. The zero-order valence-corrected chi connectivity index (χ0v) is 13.9. The summed E-state index contributed by atoms with van der Waals surface area (Å²) in [5, 5.41) is 2.90. The molecule has 3 N–H and O–H groups in total. The van der Waals surface area contributed by atoms with E-state index in [1.54, 1.807) is 0 Å². The van der Waals surface area contributed by atoms with Crippen LogP contribution in [0, 0.1) is 0 Å². The second-order valence-electron chi connectivity index (χ2n) is 5.26. The first kappa shape index (κ1) is 19.9. The van der Waals surface area contributed by atoms with Crippen molar-refractivity contribution in [3.63, 3.8) is 0 Å². The highest BCUT2D eigenvalue weighted by Crippen LogP contribution is 2.02. The molecule has 0 aliphatic heterocycles. The Morgan fingerprint density at radius 3 is 2.62 bits per heavy atom. The molecule has 4 nitrogen and oxygen atoms in total. The maximum absolute atomic E-state index is 11.6. The summed E-state index contributed by atoms with van der Waals surface area (Å²) in [6, 6.07) is 10.0. The summed E-state index contributed by atoms with van der Waals surface area (Å²) in [5.41, 5.74) is 7.06. The lowest BCUT2D eigenvalue weighted by Crippen LogP contribution is -2.41. The fourth-order valence-electron chi connectivity index (χ4n) is 2.11. The molecule has 0 aliphatic rings. The highest BCUT2D eigenvalue weighted by molar-refractivity contribution is 5.85. The topological polar surface area (TPSA) is 58.4 Å². The van der Waals surface area contributed by atoms with Gasteiger partial charge in [-0.1, -0.05) is 43.7 Å². The zero-order chi connectivity index (χ0) is 14.8. The van der Waals surface area contributed by atoms with Crippen LogP contribution in [0.5, 0.6) is 0 Å². The molecule has 0 heterocycles. The molecule has 1 rings (SSSR count). The molecule has 1 aromatic rings. The van der Waals surface area contributed by atoms with Gasteiger partial charge in [-0.2, -0.15) is 0 Å². The van der Waals surface area contributed by atoms with Crippen LogP contribution in [-0.2, 0) is 11.3 Å². The molecule has 0 spiro atoms. The fraction of sp³-hybridized carbons (Fsp3) is 0.562. The Morgan fingerprint density at radius 1 is 1.33 bits per heavy atom. The number of benzene rings is 1. The van der Waals surface area contributed by atoms with E-state index in [9.17, 15) is 4.79 Å². The number of carbonyl (C=O) groups excluding carboxylic acids is 1. The van der Waals surface area contributed by atoms with Crippen LogP contribution in [0.15, 0.2) is 30.3 Å². The van der Waals surface area contributed by atoms with Gasteiger partial charge in [0.15, 0.2) is 0 Å². The van der Waals surface area contributed by atoms with Crippen LogP contribution in [0.4, 0.5) is 0 Å². The van der Waals surface area contributed by atoms with Crippen LogP contribution in [0.1, 0.15) is 31.7 Å². The Labute approximate surface area is 134 Å². The largest absolute Gasteiger partial charge is 0.355 e. The molecule has 0 radical (unpaired) electrons. The Balaban J connectivity index is 0.00000400. The third-order valence-electron chi connectivity index (χ3n) is 3.25. The summed E-state index contributed by atoms with van der Waals surface area (Å²) in [6.45, 7) is 4.61. The Bertz CT molecular complexity index is 386. The van der Waals surface area contributed by atoms with Crippen molar-refractivity contribution >= 4 is 18.3 Å². The van der Waals surface area contributed by atoms with Crippen LogP contribution < -0.4 is 11.1 Å². The van der Waals surface area contributed by atoms with Gasteiger partial charge < -0.3 is 16.0 Å². The van der Waals surface area contributed by atoms with Gasteiger partial charge in [0.1, 0.15) is 0 Å². The number of hydrogen-bond donors (Lipinski definition) is 2. The van der Waals surface area contributed by atoms with Crippen molar-refractivity contribution in [3.8, 4) is 0 Å². The Kier molecular flexibility index (Phi) is 10.9. The maximum Gasteiger partial charge on any atom is 0.236 e. The first-order valence-electron chi connectivity index (χ1n) is 7.39. The summed E-state index contributed by atoms with van der Waals surface area (Å²) in [6.07, 6.45) is 2.63. The third kappa shape index (κ3) is 8.71. The maximum atomic E-state index is 11.6. The van der Waals surface area contributed by atoms with Gasteiger partial charge in [-0.15, -0.1) is 12.4 Å². The lowest BCUT2D eigenvalue weighted by Gasteiger charge is -2.17. The zero-order valence-electron chi connectivity index (χ0n) is 13.0. The lowest BCUT2D eigenvalue weighted by atomic mass is 10.1. The fourth-order valence-corrected chi connectivity index (χ4v) is 2.11. The van der Waals surface area contributed by atoms with Crippen LogP contribution in [0.3, 0.4) is 0 Å². The molecule has 120 valence electrons. The van der Waals surface area contributed by atoms with Crippen LogP contribution in [0.2, 0.25) is 0 Å². The van der Waals surface area contributed by atoms with E-state index in [1.165, 1.54) is 5.56 Å². The summed E-state index contributed by atoms with van der Waals surface area (Å²) < 4.78 is 0. The highest BCUT2D eigenvalue weighted by Gasteiger charge is 2.10. The first-order valence-corrected chi connectivity index (χ1v) is 7.39. The van der Waals surface area contributed by atoms with E-state index in [0.29, 0.717) is 6.54 Å². The van der Waals surface area contributed by atoms with E-state index >= 15 is 0 Å². The van der Waals surface area contributed by atoms with E-state index in [1.807, 2.05) is 13.0 Å². The van der Waals surface area contributed by atoms with Crippen molar-refractivity contribution < 1.29 is 4.79 Å². The van der Waals surface area contributed by atoms with Crippen molar-refractivity contribution in [3.05, 3.63) is 35.9 Å². The van der Waals surface area contributed by atoms with E-state index in [4.69, 9.17) is 5.73 Å². The predicted octanol–water partition coefficient (Wildman–Crippen LogP) is 2.17. The van der Waals surface area contributed by atoms with Gasteiger partial charge in [-0.05, 0) is 32.0 Å². The van der Waals surface area contributed by atoms with Crippen molar-refractivity contribution in [1.29, 1.82) is 0 Å². The number of rotatable bonds is 9. The monoisotopic (exact) mass is 313 g/mol. The van der Waals surface area contributed by atoms with E-state index in [2.05, 4.69) is 41.5 Å². The summed E-state index contributed by atoms with van der Waals surface area (Å²) in [7, 11) is 2.09. The predicted molar refractivity (Wildman–Crippen MR) is 90.5 cm³/mol. The number of hydrogen-bond acceptors (Lipinski definition) is 3. The molecule has 0 aliphatic carbocycles. The normalized spacial score (nSPS) is 11.8. The molecule has 1 atom stereocenters. The number of nitrogens with zero attached hydrogens (tertiary/aromatic N) is 1. The average Bonchev–Trinajstić information content (AvgIpc) is 2.44. The van der Waals surface area contributed by atoms with Crippen LogP contribution >= 0.6 is 12.4 Å². The number of nitrogens with one attached hydrogen (secondary N) is 1. The number of carbonyl (C=O) groups is 1. The standard InChI is InChI=1S/C16H27N3O.ClH/c1-3-8-15(17)16(20)18-11-7-12-19(2)13-14-9-5-4-6-10-14;/h4-6,9-10,15H,3,7-8,11-13,17H2,1-2H3,(H,18,20);1H. The highest BCUT2D eigenvalue weighted by atomic mass is 35.5. The van der Waals surface area contributed by atoms with E-state index in [-0.39, 0.29) is 24.4 Å². The SMILES string of the molecule is CCCC(N)C(=O)NCCCN(C)Cc1ccccc1.Cl. The van der Waals surface area contributed by atoms with Crippen molar-refractivity contribution in [2.24, 2.45) is 5.73 Å². The van der Waals surface area contributed by atoms with Crippen LogP contribution in [0.25, 0.3) is 0 Å². The van der Waals surface area contributed by atoms with E-state index < -0.39 is 0 Å². The molecule has 0 saturated heterocycles. The Morgan fingerprint density at radius 2 is 2.00 bits per heavy atom. The first-order chi connectivity index (χ1) is 9.63. The number of halogens is 1. The van der Waals surface area contributed by atoms with Crippen molar-refractivity contribution in [2.45, 2.75) is 38.8 Å². The van der Waals surface area contributed by atoms with E-state index in [0.717, 1.165) is 32.4 Å².